The second kappa shape index (κ2) is 10.2. The molecule has 0 aromatic heterocycles. The molecule has 0 spiro atoms. The van der Waals surface area contributed by atoms with Crippen molar-refractivity contribution in [2.45, 2.75) is 130 Å². The molecule has 5 rings (SSSR count). The lowest BCUT2D eigenvalue weighted by Gasteiger charge is -2.61. The SMILES string of the molecule is C[C@H](CCC(=O)O)C1CCC2C3CCC4CC(OCCC5COC(C)(C)O5)CCC4(C)C3CCC21C. The summed E-state index contributed by atoms with van der Waals surface area (Å²) >= 11 is 0. The fourth-order valence-electron chi connectivity index (χ4n) is 10.2. The molecule has 0 bridgehead atoms. The van der Waals surface area contributed by atoms with Crippen molar-refractivity contribution in [1.82, 2.24) is 0 Å². The minimum absolute atomic E-state index is 0.169. The molecule has 1 N–H and O–H groups in total. The molecule has 1 heterocycles. The van der Waals surface area contributed by atoms with Gasteiger partial charge < -0.3 is 19.3 Å². The van der Waals surface area contributed by atoms with Gasteiger partial charge in [0.1, 0.15) is 0 Å². The Labute approximate surface area is 219 Å². The van der Waals surface area contributed by atoms with Crippen molar-refractivity contribution in [1.29, 1.82) is 0 Å². The molecule has 1 saturated heterocycles. The van der Waals surface area contributed by atoms with Gasteiger partial charge in [0.25, 0.3) is 0 Å². The van der Waals surface area contributed by atoms with Crippen LogP contribution >= 0.6 is 0 Å². The van der Waals surface area contributed by atoms with Gasteiger partial charge in [-0.15, -0.1) is 0 Å². The zero-order valence-electron chi connectivity index (χ0n) is 23.6. The van der Waals surface area contributed by atoms with E-state index < -0.39 is 11.8 Å². The average molecular weight is 505 g/mol. The fraction of sp³-hybridized carbons (Fsp3) is 0.968. The van der Waals surface area contributed by atoms with E-state index in [1.54, 1.807) is 0 Å². The third-order valence-corrected chi connectivity index (χ3v) is 12.1. The molecule has 4 aliphatic carbocycles. The molecule has 9 unspecified atom stereocenters. The maximum absolute atomic E-state index is 11.2. The van der Waals surface area contributed by atoms with Gasteiger partial charge in [0.2, 0.25) is 0 Å². The van der Waals surface area contributed by atoms with Gasteiger partial charge in [-0.25, -0.2) is 0 Å². The number of hydrogen-bond acceptors (Lipinski definition) is 4. The molecular weight excluding hydrogens is 452 g/mol. The number of fused-ring (bicyclic) bond motifs is 5. The molecule has 0 aromatic rings. The number of rotatable bonds is 8. The van der Waals surface area contributed by atoms with Gasteiger partial charge in [-0.05, 0) is 131 Å². The van der Waals surface area contributed by atoms with Crippen LogP contribution in [0.25, 0.3) is 0 Å². The molecule has 10 atom stereocenters. The Morgan fingerprint density at radius 1 is 1.00 bits per heavy atom. The molecule has 36 heavy (non-hydrogen) atoms. The first-order valence-corrected chi connectivity index (χ1v) is 15.2. The zero-order chi connectivity index (χ0) is 25.7. The fourth-order valence-corrected chi connectivity index (χ4v) is 10.2. The van der Waals surface area contributed by atoms with Gasteiger partial charge in [0, 0.05) is 13.0 Å². The van der Waals surface area contributed by atoms with Crippen molar-refractivity contribution in [2.24, 2.45) is 46.3 Å². The second-order valence-corrected chi connectivity index (χ2v) is 14.3. The van der Waals surface area contributed by atoms with Crippen molar-refractivity contribution in [3.8, 4) is 0 Å². The van der Waals surface area contributed by atoms with Crippen LogP contribution in [0.1, 0.15) is 112 Å². The molecule has 0 radical (unpaired) electrons. The minimum Gasteiger partial charge on any atom is -0.481 e. The average Bonchev–Trinajstić information content (AvgIpc) is 3.36. The summed E-state index contributed by atoms with van der Waals surface area (Å²) in [7, 11) is 0. The van der Waals surface area contributed by atoms with Crippen molar-refractivity contribution in [3.63, 3.8) is 0 Å². The highest BCUT2D eigenvalue weighted by Crippen LogP contribution is 2.68. The maximum Gasteiger partial charge on any atom is 0.303 e. The largest absolute Gasteiger partial charge is 0.481 e. The lowest BCUT2D eigenvalue weighted by Crippen LogP contribution is -2.54. The van der Waals surface area contributed by atoms with Gasteiger partial charge in [-0.2, -0.15) is 0 Å². The second-order valence-electron chi connectivity index (χ2n) is 14.3. The van der Waals surface area contributed by atoms with Crippen LogP contribution < -0.4 is 0 Å². The zero-order valence-corrected chi connectivity index (χ0v) is 23.6. The molecule has 0 aromatic carbocycles. The van der Waals surface area contributed by atoms with E-state index in [0.717, 1.165) is 43.1 Å². The summed E-state index contributed by atoms with van der Waals surface area (Å²) in [5.41, 5.74) is 0.896. The number of hydrogen-bond donors (Lipinski definition) is 1. The van der Waals surface area contributed by atoms with E-state index in [4.69, 9.17) is 14.2 Å². The highest BCUT2D eigenvalue weighted by atomic mass is 16.7. The molecule has 4 saturated carbocycles. The molecule has 5 heteroatoms. The van der Waals surface area contributed by atoms with E-state index in [0.29, 0.717) is 41.8 Å². The Bertz CT molecular complexity index is 796. The van der Waals surface area contributed by atoms with Gasteiger partial charge in [-0.3, -0.25) is 4.79 Å². The van der Waals surface area contributed by atoms with Crippen LogP contribution in [0.3, 0.4) is 0 Å². The van der Waals surface area contributed by atoms with Gasteiger partial charge in [0.15, 0.2) is 5.79 Å². The first kappa shape index (κ1) is 26.9. The monoisotopic (exact) mass is 504 g/mol. The first-order valence-electron chi connectivity index (χ1n) is 15.2. The molecule has 0 amide bonds. The third-order valence-electron chi connectivity index (χ3n) is 12.1. The number of ether oxygens (including phenoxy) is 3. The Kier molecular flexibility index (Phi) is 7.60. The standard InChI is InChI=1S/C31H52O5/c1-20(6-11-28(32)33)25-9-10-26-24-8-7-21-18-22(34-17-14-23-19-35-29(2,3)36-23)12-15-30(21,4)27(24)13-16-31(25,26)5/h20-27H,6-19H2,1-5H3,(H,32,33)/t20-,21?,22?,23?,24?,25?,26?,27?,30?,31?/m1/s1. The van der Waals surface area contributed by atoms with Crippen LogP contribution in [-0.2, 0) is 19.0 Å². The highest BCUT2D eigenvalue weighted by molar-refractivity contribution is 5.66. The van der Waals surface area contributed by atoms with E-state index in [-0.39, 0.29) is 6.10 Å². The van der Waals surface area contributed by atoms with Crippen molar-refractivity contribution in [2.75, 3.05) is 13.2 Å². The molecule has 5 fully saturated rings. The van der Waals surface area contributed by atoms with E-state index in [1.807, 2.05) is 13.8 Å². The Balaban J connectivity index is 1.16. The van der Waals surface area contributed by atoms with Crippen LogP contribution in [-0.4, -0.2) is 42.3 Å². The number of carboxylic acid groups (broad SMARTS) is 1. The Morgan fingerprint density at radius 2 is 1.75 bits per heavy atom. The van der Waals surface area contributed by atoms with Crippen LogP contribution in [0.5, 0.6) is 0 Å². The van der Waals surface area contributed by atoms with E-state index >= 15 is 0 Å². The maximum atomic E-state index is 11.2. The topological polar surface area (TPSA) is 65.0 Å². The first-order chi connectivity index (χ1) is 17.0. The minimum atomic E-state index is -0.638. The summed E-state index contributed by atoms with van der Waals surface area (Å²) in [4.78, 5) is 11.2. The normalized spacial score (nSPS) is 46.5. The summed E-state index contributed by atoms with van der Waals surface area (Å²) in [6.45, 7) is 13.0. The van der Waals surface area contributed by atoms with Crippen LogP contribution in [0.2, 0.25) is 0 Å². The molecule has 5 aliphatic rings. The lowest BCUT2D eigenvalue weighted by molar-refractivity contribution is -0.146. The summed E-state index contributed by atoms with van der Waals surface area (Å²) in [5, 5.41) is 9.21. The van der Waals surface area contributed by atoms with Crippen LogP contribution in [0.15, 0.2) is 0 Å². The van der Waals surface area contributed by atoms with Crippen molar-refractivity contribution < 1.29 is 24.1 Å². The summed E-state index contributed by atoms with van der Waals surface area (Å²) in [5.74, 6) is 3.55. The lowest BCUT2D eigenvalue weighted by atomic mass is 9.44. The number of aliphatic carboxylic acids is 1. The molecule has 5 nitrogen and oxygen atoms in total. The van der Waals surface area contributed by atoms with Crippen molar-refractivity contribution >= 4 is 5.97 Å². The Hall–Kier alpha value is -0.650. The van der Waals surface area contributed by atoms with E-state index in [9.17, 15) is 9.90 Å². The predicted octanol–water partition coefficient (Wildman–Crippen LogP) is 7.07. The molecule has 1 aliphatic heterocycles. The molecular formula is C31H52O5. The quantitative estimate of drug-likeness (QED) is 0.383. The summed E-state index contributed by atoms with van der Waals surface area (Å²) < 4.78 is 18.1. The summed E-state index contributed by atoms with van der Waals surface area (Å²) in [6.07, 6.45) is 14.6. The highest BCUT2D eigenvalue weighted by Gasteiger charge is 2.60. The molecule has 206 valence electrons. The van der Waals surface area contributed by atoms with E-state index in [1.165, 1.54) is 57.8 Å². The van der Waals surface area contributed by atoms with Crippen molar-refractivity contribution in [3.05, 3.63) is 0 Å². The predicted molar refractivity (Wildman–Crippen MR) is 141 cm³/mol. The van der Waals surface area contributed by atoms with Gasteiger partial charge in [-0.1, -0.05) is 20.8 Å². The van der Waals surface area contributed by atoms with Gasteiger partial charge in [0.05, 0.1) is 18.8 Å². The Morgan fingerprint density at radius 3 is 2.47 bits per heavy atom. The van der Waals surface area contributed by atoms with Crippen LogP contribution in [0.4, 0.5) is 0 Å². The van der Waals surface area contributed by atoms with Gasteiger partial charge >= 0.3 is 5.97 Å². The van der Waals surface area contributed by atoms with Crippen LogP contribution in [0, 0.1) is 46.3 Å². The number of carbonyl (C=O) groups is 1. The number of carboxylic acids is 1. The smallest absolute Gasteiger partial charge is 0.303 e. The van der Waals surface area contributed by atoms with E-state index in [2.05, 4.69) is 20.8 Å². The summed E-state index contributed by atoms with van der Waals surface area (Å²) in [6, 6.07) is 0. The third kappa shape index (κ3) is 5.02.